The summed E-state index contributed by atoms with van der Waals surface area (Å²) in [6, 6.07) is 10.9. The van der Waals surface area contributed by atoms with Crippen molar-refractivity contribution in [2.24, 2.45) is 0 Å². The molecule has 8 nitrogen and oxygen atoms in total. The van der Waals surface area contributed by atoms with Crippen molar-refractivity contribution in [2.75, 3.05) is 26.2 Å². The Morgan fingerprint density at radius 3 is 2.69 bits per heavy atom. The van der Waals surface area contributed by atoms with Gasteiger partial charge in [-0.15, -0.1) is 0 Å². The van der Waals surface area contributed by atoms with Crippen LogP contribution in [0.4, 0.5) is 0 Å². The maximum absolute atomic E-state index is 13.0. The summed E-state index contributed by atoms with van der Waals surface area (Å²) in [5.41, 5.74) is 2.92. The predicted octanol–water partition coefficient (Wildman–Crippen LogP) is 2.57. The van der Waals surface area contributed by atoms with Crippen LogP contribution in [0.5, 0.6) is 0 Å². The minimum atomic E-state index is -0.242. The van der Waals surface area contributed by atoms with Crippen LogP contribution in [0.2, 0.25) is 0 Å². The molecule has 2 aromatic heterocycles. The van der Waals surface area contributed by atoms with Crippen molar-refractivity contribution in [3.05, 3.63) is 69.8 Å². The highest BCUT2D eigenvalue weighted by atomic mass is 16.2. The highest BCUT2D eigenvalue weighted by molar-refractivity contribution is 5.94. The molecule has 4 rings (SSSR count). The molecule has 3 heterocycles. The van der Waals surface area contributed by atoms with Crippen LogP contribution >= 0.6 is 0 Å². The molecule has 0 bridgehead atoms. The Bertz CT molecular complexity index is 1230. The van der Waals surface area contributed by atoms with Crippen molar-refractivity contribution >= 4 is 5.91 Å². The van der Waals surface area contributed by atoms with Crippen LogP contribution in [0.25, 0.3) is 16.9 Å². The van der Waals surface area contributed by atoms with Crippen molar-refractivity contribution in [2.45, 2.75) is 26.8 Å². The number of aromatic amines is 1. The van der Waals surface area contributed by atoms with Crippen LogP contribution in [0.1, 0.15) is 35.3 Å². The third-order valence-corrected chi connectivity index (χ3v) is 6.06. The number of aryl methyl sites for hydroxylation is 1. The normalized spacial score (nSPS) is 16.7. The average molecular weight is 431 g/mol. The summed E-state index contributed by atoms with van der Waals surface area (Å²) in [5.74, 6) is 0.369. The quantitative estimate of drug-likeness (QED) is 0.686. The first-order chi connectivity index (χ1) is 15.4. The van der Waals surface area contributed by atoms with E-state index in [1.54, 1.807) is 36.5 Å². The first kappa shape index (κ1) is 21.5. The van der Waals surface area contributed by atoms with Gasteiger partial charge >= 0.3 is 0 Å². The molecule has 1 aliphatic heterocycles. The van der Waals surface area contributed by atoms with E-state index in [0.29, 0.717) is 29.1 Å². The highest BCUT2D eigenvalue weighted by Gasteiger charge is 2.27. The Morgan fingerprint density at radius 2 is 2.06 bits per heavy atom. The van der Waals surface area contributed by atoms with Crippen LogP contribution < -0.4 is 5.56 Å². The molecule has 0 spiro atoms. The number of aromatic nitrogens is 3. The van der Waals surface area contributed by atoms with Gasteiger partial charge in [-0.05, 0) is 55.8 Å². The number of carbonyl (C=O) groups is 1. The molecule has 164 valence electrons. The molecule has 1 aromatic carbocycles. The van der Waals surface area contributed by atoms with E-state index in [4.69, 9.17) is 5.26 Å². The number of nitrogens with one attached hydrogen (secondary N) is 1. The monoisotopic (exact) mass is 430 g/mol. The minimum absolute atomic E-state index is 0.0416. The fraction of sp³-hybridized carbons (Fsp3) is 0.333. The van der Waals surface area contributed by atoms with Gasteiger partial charge in [0.25, 0.3) is 11.5 Å². The average Bonchev–Trinajstić information content (AvgIpc) is 3.19. The van der Waals surface area contributed by atoms with Gasteiger partial charge < -0.3 is 4.90 Å². The van der Waals surface area contributed by atoms with Gasteiger partial charge in [-0.3, -0.25) is 19.6 Å². The minimum Gasteiger partial charge on any atom is -0.333 e. The summed E-state index contributed by atoms with van der Waals surface area (Å²) in [6.45, 7) is 9.47. The number of piperazine rings is 1. The van der Waals surface area contributed by atoms with E-state index < -0.39 is 0 Å². The third kappa shape index (κ3) is 3.95. The van der Waals surface area contributed by atoms with E-state index in [0.717, 1.165) is 30.8 Å². The number of nitriles is 1. The molecule has 8 heteroatoms. The molecule has 1 fully saturated rings. The molecule has 0 unspecified atom stereocenters. The Hall–Kier alpha value is -3.70. The summed E-state index contributed by atoms with van der Waals surface area (Å²) in [5, 5.41) is 12.0. The Morgan fingerprint density at radius 1 is 1.25 bits per heavy atom. The lowest BCUT2D eigenvalue weighted by Crippen LogP contribution is -2.53. The number of hydrogen-bond acceptors (Lipinski definition) is 5. The Labute approximate surface area is 186 Å². The fourth-order valence-electron chi connectivity index (χ4n) is 4.20. The molecule has 1 atom stereocenters. The Balaban J connectivity index is 1.56. The van der Waals surface area contributed by atoms with Crippen molar-refractivity contribution in [1.82, 2.24) is 24.6 Å². The van der Waals surface area contributed by atoms with Gasteiger partial charge in [0.2, 0.25) is 0 Å². The number of H-pyrrole nitrogens is 1. The van der Waals surface area contributed by atoms with Crippen molar-refractivity contribution in [3.8, 4) is 23.0 Å². The van der Waals surface area contributed by atoms with E-state index in [-0.39, 0.29) is 17.5 Å². The van der Waals surface area contributed by atoms with E-state index in [1.165, 1.54) is 10.9 Å². The van der Waals surface area contributed by atoms with Gasteiger partial charge in [-0.25, -0.2) is 9.67 Å². The second-order valence-corrected chi connectivity index (χ2v) is 8.12. The molecule has 1 N–H and O–H groups in total. The number of amides is 1. The molecule has 0 saturated carbocycles. The molecular formula is C24H26N6O2. The maximum Gasteiger partial charge on any atom is 0.280 e. The zero-order valence-electron chi connectivity index (χ0n) is 18.5. The molecular weight excluding hydrogens is 404 g/mol. The molecule has 3 aromatic rings. The smallest absolute Gasteiger partial charge is 0.280 e. The number of nitrogens with zero attached hydrogens (tertiary/aromatic N) is 5. The van der Waals surface area contributed by atoms with Crippen LogP contribution in [0.3, 0.4) is 0 Å². The summed E-state index contributed by atoms with van der Waals surface area (Å²) < 4.78 is 1.35. The predicted molar refractivity (Wildman–Crippen MR) is 122 cm³/mol. The lowest BCUT2D eigenvalue weighted by molar-refractivity contribution is 0.0499. The zero-order chi connectivity index (χ0) is 22.8. The van der Waals surface area contributed by atoms with Crippen LogP contribution in [0, 0.1) is 18.3 Å². The van der Waals surface area contributed by atoms with Crippen LogP contribution in [-0.2, 0) is 0 Å². The molecule has 0 aliphatic carbocycles. The van der Waals surface area contributed by atoms with Gasteiger partial charge in [-0.1, -0.05) is 13.0 Å². The first-order valence-electron chi connectivity index (χ1n) is 10.7. The van der Waals surface area contributed by atoms with Gasteiger partial charge in [0.05, 0.1) is 22.8 Å². The third-order valence-electron chi connectivity index (χ3n) is 6.06. The topological polar surface area (TPSA) is 98.0 Å². The lowest BCUT2D eigenvalue weighted by Gasteiger charge is -2.39. The van der Waals surface area contributed by atoms with E-state index >= 15 is 0 Å². The summed E-state index contributed by atoms with van der Waals surface area (Å²) >= 11 is 0. The summed E-state index contributed by atoms with van der Waals surface area (Å²) in [6.07, 6.45) is 3.16. The SMILES string of the molecule is CCN1CCN(C(=O)c2ccc(-n3[nH]cc(-c4ccc(C#N)cc4C)c3=O)nc2)[C@@H](C)C1. The van der Waals surface area contributed by atoms with Crippen LogP contribution in [-0.4, -0.2) is 62.7 Å². The van der Waals surface area contributed by atoms with E-state index in [2.05, 4.69) is 34.9 Å². The molecule has 1 saturated heterocycles. The maximum atomic E-state index is 13.0. The number of pyridine rings is 1. The largest absolute Gasteiger partial charge is 0.333 e. The molecule has 1 amide bonds. The highest BCUT2D eigenvalue weighted by Crippen LogP contribution is 2.21. The number of hydrogen-bond donors (Lipinski definition) is 1. The van der Waals surface area contributed by atoms with Gasteiger partial charge in [0.1, 0.15) is 0 Å². The Kier molecular flexibility index (Phi) is 5.93. The number of carbonyl (C=O) groups excluding carboxylic acids is 1. The zero-order valence-corrected chi connectivity index (χ0v) is 18.5. The molecule has 32 heavy (non-hydrogen) atoms. The van der Waals surface area contributed by atoms with Crippen molar-refractivity contribution in [3.63, 3.8) is 0 Å². The summed E-state index contributed by atoms with van der Waals surface area (Å²) in [4.78, 5) is 34.5. The first-order valence-corrected chi connectivity index (χ1v) is 10.7. The van der Waals surface area contributed by atoms with Crippen molar-refractivity contribution in [1.29, 1.82) is 5.26 Å². The van der Waals surface area contributed by atoms with Gasteiger partial charge in [-0.2, -0.15) is 5.26 Å². The number of benzene rings is 1. The second-order valence-electron chi connectivity index (χ2n) is 8.12. The summed E-state index contributed by atoms with van der Waals surface area (Å²) in [7, 11) is 0. The number of likely N-dealkylation sites (N-methyl/N-ethyl adjacent to an activating group) is 1. The second kappa shape index (κ2) is 8.81. The van der Waals surface area contributed by atoms with E-state index in [9.17, 15) is 9.59 Å². The van der Waals surface area contributed by atoms with Gasteiger partial charge in [0, 0.05) is 38.1 Å². The lowest BCUT2D eigenvalue weighted by atomic mass is 10.0. The van der Waals surface area contributed by atoms with E-state index in [1.807, 2.05) is 11.8 Å². The number of rotatable bonds is 4. The standard InChI is InChI=1S/C24H26N6O2/c1-4-28-9-10-29(17(3)15-28)23(31)19-6-8-22(26-13-19)30-24(32)21(14-27-30)20-7-5-18(12-25)11-16(20)2/h5-8,11,13-14,17,27H,4,9-10,15H2,1-3H3/t17-/m0/s1. The van der Waals surface area contributed by atoms with Gasteiger partial charge in [0.15, 0.2) is 5.82 Å². The molecule has 1 aliphatic rings. The fourth-order valence-corrected chi connectivity index (χ4v) is 4.20. The molecule has 0 radical (unpaired) electrons. The van der Waals surface area contributed by atoms with Crippen molar-refractivity contribution < 1.29 is 4.79 Å². The van der Waals surface area contributed by atoms with Crippen LogP contribution in [0.15, 0.2) is 47.5 Å².